The zero-order valence-corrected chi connectivity index (χ0v) is 17.8. The van der Waals surface area contributed by atoms with Gasteiger partial charge >= 0.3 is 0 Å². The zero-order chi connectivity index (χ0) is 20.1. The van der Waals surface area contributed by atoms with Crippen molar-refractivity contribution in [1.29, 1.82) is 0 Å². The number of hydrogen-bond acceptors (Lipinski definition) is 4. The lowest BCUT2D eigenvalue weighted by Gasteiger charge is -2.21. The summed E-state index contributed by atoms with van der Waals surface area (Å²) in [7, 11) is 0. The van der Waals surface area contributed by atoms with Gasteiger partial charge in [0.1, 0.15) is 0 Å². The Morgan fingerprint density at radius 3 is 2.69 bits per heavy atom. The van der Waals surface area contributed by atoms with Crippen molar-refractivity contribution in [2.24, 2.45) is 0 Å². The third-order valence-electron chi connectivity index (χ3n) is 5.56. The zero-order valence-electron chi connectivity index (χ0n) is 17.0. The van der Waals surface area contributed by atoms with Gasteiger partial charge in [-0.3, -0.25) is 9.20 Å². The smallest absolute Gasteiger partial charge is 0.274 e. The van der Waals surface area contributed by atoms with Crippen LogP contribution < -0.4 is 0 Å². The minimum Gasteiger partial charge on any atom is -0.336 e. The number of nitrogens with zero attached hydrogens (tertiary/aromatic N) is 4. The number of carbonyl (C=O) groups excluding carboxylic acids is 1. The summed E-state index contributed by atoms with van der Waals surface area (Å²) >= 11 is 1.57. The minimum absolute atomic E-state index is 0.0557. The van der Waals surface area contributed by atoms with Gasteiger partial charge in [-0.2, -0.15) is 0 Å². The van der Waals surface area contributed by atoms with Crippen LogP contribution in [0.2, 0.25) is 0 Å². The van der Waals surface area contributed by atoms with Gasteiger partial charge in [-0.05, 0) is 56.3 Å². The topological polar surface area (TPSA) is 40.9 Å². The SMILES string of the molecule is CSc1nc(C(=O)N2CCCN(CCCc3ccccc3)CC2)c2ccccn12. The first-order valence-electron chi connectivity index (χ1n) is 10.3. The summed E-state index contributed by atoms with van der Waals surface area (Å²) in [5, 5.41) is 0.862. The molecule has 3 aromatic rings. The first-order valence-corrected chi connectivity index (χ1v) is 11.6. The molecule has 1 amide bonds. The summed E-state index contributed by atoms with van der Waals surface area (Å²) < 4.78 is 2.01. The van der Waals surface area contributed by atoms with E-state index in [9.17, 15) is 4.79 Å². The van der Waals surface area contributed by atoms with Crippen LogP contribution in [0.5, 0.6) is 0 Å². The first-order chi connectivity index (χ1) is 14.3. The van der Waals surface area contributed by atoms with Crippen LogP contribution >= 0.6 is 11.8 Å². The van der Waals surface area contributed by atoms with E-state index in [2.05, 4.69) is 40.2 Å². The second-order valence-electron chi connectivity index (χ2n) is 7.48. The Hall–Kier alpha value is -2.31. The molecule has 2 aromatic heterocycles. The molecule has 0 atom stereocenters. The largest absolute Gasteiger partial charge is 0.336 e. The predicted molar refractivity (Wildman–Crippen MR) is 119 cm³/mol. The van der Waals surface area contributed by atoms with E-state index in [0.717, 1.165) is 62.7 Å². The van der Waals surface area contributed by atoms with Gasteiger partial charge in [-0.1, -0.05) is 48.2 Å². The highest BCUT2D eigenvalue weighted by Crippen LogP contribution is 2.21. The van der Waals surface area contributed by atoms with Crippen LogP contribution in [0.4, 0.5) is 0 Å². The fraction of sp³-hybridized carbons (Fsp3) is 0.391. The highest BCUT2D eigenvalue weighted by atomic mass is 32.2. The number of rotatable bonds is 6. The number of aromatic nitrogens is 2. The van der Waals surface area contributed by atoms with E-state index in [-0.39, 0.29) is 5.91 Å². The van der Waals surface area contributed by atoms with Gasteiger partial charge in [0.05, 0.1) is 5.52 Å². The lowest BCUT2D eigenvalue weighted by atomic mass is 10.1. The van der Waals surface area contributed by atoms with E-state index in [1.54, 1.807) is 11.8 Å². The van der Waals surface area contributed by atoms with Crippen molar-refractivity contribution in [3.05, 3.63) is 66.0 Å². The fourth-order valence-electron chi connectivity index (χ4n) is 4.01. The molecule has 6 heteroatoms. The number of thioether (sulfide) groups is 1. The normalized spacial score (nSPS) is 15.6. The molecule has 152 valence electrons. The Labute approximate surface area is 176 Å². The van der Waals surface area contributed by atoms with Crippen molar-refractivity contribution in [2.75, 3.05) is 39.0 Å². The Morgan fingerprint density at radius 1 is 1.03 bits per heavy atom. The number of amides is 1. The molecule has 0 aliphatic carbocycles. The third kappa shape index (κ3) is 4.65. The van der Waals surface area contributed by atoms with Gasteiger partial charge < -0.3 is 9.80 Å². The summed E-state index contributed by atoms with van der Waals surface area (Å²) in [6, 6.07) is 16.6. The molecular weight excluding hydrogens is 380 g/mol. The third-order valence-corrected chi connectivity index (χ3v) is 6.21. The Balaban J connectivity index is 1.36. The lowest BCUT2D eigenvalue weighted by molar-refractivity contribution is 0.0757. The number of fused-ring (bicyclic) bond motifs is 1. The van der Waals surface area contributed by atoms with Crippen LogP contribution in [-0.2, 0) is 6.42 Å². The van der Waals surface area contributed by atoms with Crippen molar-refractivity contribution in [3.63, 3.8) is 0 Å². The highest BCUT2D eigenvalue weighted by Gasteiger charge is 2.24. The second-order valence-corrected chi connectivity index (χ2v) is 8.25. The molecular formula is C23H28N4OS. The van der Waals surface area contributed by atoms with Crippen LogP contribution in [0.25, 0.3) is 5.52 Å². The molecule has 1 aromatic carbocycles. The second kappa shape index (κ2) is 9.46. The van der Waals surface area contributed by atoms with Crippen molar-refractivity contribution < 1.29 is 4.79 Å². The number of imidazole rings is 1. The summed E-state index contributed by atoms with van der Waals surface area (Å²) in [5.74, 6) is 0.0557. The molecule has 0 saturated carbocycles. The van der Waals surface area contributed by atoms with Gasteiger partial charge in [-0.25, -0.2) is 4.98 Å². The van der Waals surface area contributed by atoms with Crippen molar-refractivity contribution in [2.45, 2.75) is 24.4 Å². The maximum Gasteiger partial charge on any atom is 0.274 e. The van der Waals surface area contributed by atoms with Crippen molar-refractivity contribution in [3.8, 4) is 0 Å². The van der Waals surface area contributed by atoms with E-state index in [0.29, 0.717) is 5.69 Å². The monoisotopic (exact) mass is 408 g/mol. The molecule has 1 aliphatic heterocycles. The summed E-state index contributed by atoms with van der Waals surface area (Å²) in [6.07, 6.45) is 7.24. The average molecular weight is 409 g/mol. The summed E-state index contributed by atoms with van der Waals surface area (Å²) in [5.41, 5.74) is 2.87. The van der Waals surface area contributed by atoms with Crippen LogP contribution in [-0.4, -0.2) is 64.1 Å². The molecule has 0 N–H and O–H groups in total. The van der Waals surface area contributed by atoms with E-state index >= 15 is 0 Å². The number of carbonyl (C=O) groups is 1. The number of aryl methyl sites for hydroxylation is 1. The number of pyridine rings is 1. The molecule has 5 nitrogen and oxygen atoms in total. The fourth-order valence-corrected chi connectivity index (χ4v) is 4.55. The van der Waals surface area contributed by atoms with Gasteiger partial charge in [-0.15, -0.1) is 0 Å². The summed E-state index contributed by atoms with van der Waals surface area (Å²) in [6.45, 7) is 4.64. The Bertz CT molecular complexity index is 956. The van der Waals surface area contributed by atoms with Crippen molar-refractivity contribution >= 4 is 23.2 Å². The van der Waals surface area contributed by atoms with Crippen LogP contribution in [0, 0.1) is 0 Å². The Morgan fingerprint density at radius 2 is 1.86 bits per heavy atom. The molecule has 3 heterocycles. The Kier molecular flexibility index (Phi) is 6.52. The molecule has 1 aliphatic rings. The van der Waals surface area contributed by atoms with Crippen LogP contribution in [0.3, 0.4) is 0 Å². The van der Waals surface area contributed by atoms with E-state index in [1.165, 1.54) is 5.56 Å². The average Bonchev–Trinajstić information content (AvgIpc) is 2.98. The van der Waals surface area contributed by atoms with E-state index in [1.807, 2.05) is 40.0 Å². The highest BCUT2D eigenvalue weighted by molar-refractivity contribution is 7.98. The van der Waals surface area contributed by atoms with Gasteiger partial charge in [0.15, 0.2) is 10.9 Å². The standard InChI is InChI=1S/C23H28N4OS/c1-29-23-24-21(20-12-5-6-16-27(20)23)22(28)26-15-8-14-25(17-18-26)13-7-11-19-9-3-2-4-10-19/h2-6,9-10,12,16H,7-8,11,13-15,17-18H2,1H3. The maximum absolute atomic E-state index is 13.2. The quantitative estimate of drug-likeness (QED) is 0.581. The molecule has 0 bridgehead atoms. The van der Waals surface area contributed by atoms with Crippen LogP contribution in [0.15, 0.2) is 59.9 Å². The molecule has 29 heavy (non-hydrogen) atoms. The molecule has 1 fully saturated rings. The first kappa shape index (κ1) is 20.0. The number of benzene rings is 1. The molecule has 1 saturated heterocycles. The van der Waals surface area contributed by atoms with Crippen LogP contribution in [0.1, 0.15) is 28.9 Å². The van der Waals surface area contributed by atoms with Gasteiger partial charge in [0.2, 0.25) is 0 Å². The lowest BCUT2D eigenvalue weighted by Crippen LogP contribution is -2.35. The molecule has 0 radical (unpaired) electrons. The summed E-state index contributed by atoms with van der Waals surface area (Å²) in [4.78, 5) is 22.3. The minimum atomic E-state index is 0.0557. The van der Waals surface area contributed by atoms with Crippen molar-refractivity contribution in [1.82, 2.24) is 19.2 Å². The number of hydrogen-bond donors (Lipinski definition) is 0. The molecule has 4 rings (SSSR count). The van der Waals surface area contributed by atoms with E-state index in [4.69, 9.17) is 0 Å². The van der Waals surface area contributed by atoms with E-state index < -0.39 is 0 Å². The van der Waals surface area contributed by atoms with Gasteiger partial charge in [0.25, 0.3) is 5.91 Å². The predicted octanol–water partition coefficient (Wildman–Crippen LogP) is 3.84. The molecule has 0 spiro atoms. The maximum atomic E-state index is 13.2. The molecule has 0 unspecified atom stereocenters. The van der Waals surface area contributed by atoms with Gasteiger partial charge in [0, 0.05) is 25.8 Å².